The highest BCUT2D eigenvalue weighted by atomic mass is 79.9. The molecule has 0 bridgehead atoms. The van der Waals surface area contributed by atoms with Crippen molar-refractivity contribution >= 4 is 27.7 Å². The number of carbonyl (C=O) groups is 2. The molecular formula is C35H38BrN3O3. The molecule has 0 spiro atoms. The van der Waals surface area contributed by atoms with Crippen LogP contribution < -0.4 is 11.1 Å². The Hall–Kier alpha value is -3.94. The summed E-state index contributed by atoms with van der Waals surface area (Å²) in [6.45, 7) is 5.96. The Morgan fingerprint density at radius 1 is 0.881 bits per heavy atom. The van der Waals surface area contributed by atoms with Crippen molar-refractivity contribution in [3.63, 3.8) is 0 Å². The van der Waals surface area contributed by atoms with Gasteiger partial charge in [0.25, 0.3) is 5.91 Å². The standard InChI is InChI=1S/C35H38BrN3O3/c1-35(2,23-37)24-38-34(42)32-9-4-3-8-31(32)28-7-5-6-27(20-28)22-39(19-18-25-12-16-30(40)17-13-25)33(41)21-26-10-14-29(36)15-11-26/h3-17,20,40H,18-19,21-24,37H2,1-2H3,(H,38,42). The minimum Gasteiger partial charge on any atom is -0.508 e. The average Bonchev–Trinajstić information content (AvgIpc) is 3.00. The van der Waals surface area contributed by atoms with Crippen LogP contribution in [0.4, 0.5) is 0 Å². The van der Waals surface area contributed by atoms with Crippen LogP contribution in [0.25, 0.3) is 11.1 Å². The van der Waals surface area contributed by atoms with Gasteiger partial charge < -0.3 is 21.1 Å². The van der Waals surface area contributed by atoms with Crippen molar-refractivity contribution in [2.75, 3.05) is 19.6 Å². The van der Waals surface area contributed by atoms with Crippen LogP contribution >= 0.6 is 15.9 Å². The van der Waals surface area contributed by atoms with Crippen molar-refractivity contribution < 1.29 is 14.7 Å². The number of hydrogen-bond acceptors (Lipinski definition) is 4. The Morgan fingerprint density at radius 2 is 1.57 bits per heavy atom. The lowest BCUT2D eigenvalue weighted by molar-refractivity contribution is -0.131. The molecule has 4 rings (SSSR count). The maximum atomic E-state index is 13.6. The van der Waals surface area contributed by atoms with E-state index in [0.717, 1.165) is 32.3 Å². The predicted molar refractivity (Wildman–Crippen MR) is 172 cm³/mol. The second kappa shape index (κ2) is 14.3. The van der Waals surface area contributed by atoms with Gasteiger partial charge in [0.2, 0.25) is 5.91 Å². The van der Waals surface area contributed by atoms with E-state index < -0.39 is 0 Å². The number of benzene rings is 4. The summed E-state index contributed by atoms with van der Waals surface area (Å²) >= 11 is 3.46. The first-order valence-corrected chi connectivity index (χ1v) is 14.9. The van der Waals surface area contributed by atoms with Crippen LogP contribution in [0.3, 0.4) is 0 Å². The van der Waals surface area contributed by atoms with Crippen molar-refractivity contribution in [1.82, 2.24) is 10.2 Å². The third kappa shape index (κ3) is 8.78. The summed E-state index contributed by atoms with van der Waals surface area (Å²) in [7, 11) is 0. The van der Waals surface area contributed by atoms with Gasteiger partial charge in [0.15, 0.2) is 0 Å². The van der Waals surface area contributed by atoms with Crippen LogP contribution in [0.5, 0.6) is 5.75 Å². The molecule has 0 radical (unpaired) electrons. The summed E-state index contributed by atoms with van der Waals surface area (Å²) in [5, 5.41) is 12.7. The minimum atomic E-state index is -0.198. The van der Waals surface area contributed by atoms with Gasteiger partial charge in [-0.05, 0) is 82.6 Å². The molecule has 4 N–H and O–H groups in total. The normalized spacial score (nSPS) is 11.2. The van der Waals surface area contributed by atoms with Gasteiger partial charge in [-0.1, -0.05) is 90.4 Å². The van der Waals surface area contributed by atoms with Crippen LogP contribution in [-0.2, 0) is 24.2 Å². The van der Waals surface area contributed by atoms with Crippen molar-refractivity contribution in [2.45, 2.75) is 33.2 Å². The van der Waals surface area contributed by atoms with Crippen LogP contribution in [0, 0.1) is 5.41 Å². The van der Waals surface area contributed by atoms with Gasteiger partial charge in [-0.15, -0.1) is 0 Å². The molecule has 0 saturated carbocycles. The first kappa shape index (κ1) is 31.0. The number of aromatic hydroxyl groups is 1. The number of nitrogens with one attached hydrogen (secondary N) is 1. The molecule has 42 heavy (non-hydrogen) atoms. The van der Waals surface area contributed by atoms with Gasteiger partial charge in [-0.3, -0.25) is 9.59 Å². The summed E-state index contributed by atoms with van der Waals surface area (Å²) in [5.74, 6) is 0.109. The molecule has 0 fully saturated rings. The number of hydrogen-bond donors (Lipinski definition) is 3. The highest BCUT2D eigenvalue weighted by Gasteiger charge is 2.20. The van der Waals surface area contributed by atoms with Crippen molar-refractivity contribution in [1.29, 1.82) is 0 Å². The number of nitrogens with zero attached hydrogens (tertiary/aromatic N) is 1. The maximum Gasteiger partial charge on any atom is 0.251 e. The molecular weight excluding hydrogens is 590 g/mol. The van der Waals surface area contributed by atoms with Gasteiger partial charge in [-0.2, -0.15) is 0 Å². The van der Waals surface area contributed by atoms with E-state index in [9.17, 15) is 14.7 Å². The number of rotatable bonds is 12. The summed E-state index contributed by atoms with van der Waals surface area (Å²) in [6, 6.07) is 30.5. The summed E-state index contributed by atoms with van der Waals surface area (Å²) in [6.07, 6.45) is 0.957. The lowest BCUT2D eigenvalue weighted by Crippen LogP contribution is -2.38. The molecule has 0 unspecified atom stereocenters. The van der Waals surface area contributed by atoms with E-state index in [4.69, 9.17) is 5.73 Å². The third-order valence-corrected chi connectivity index (χ3v) is 7.82. The quantitative estimate of drug-likeness (QED) is 0.170. The monoisotopic (exact) mass is 627 g/mol. The van der Waals surface area contributed by atoms with Gasteiger partial charge in [0.05, 0.1) is 6.42 Å². The number of amides is 2. The van der Waals surface area contributed by atoms with Gasteiger partial charge in [0.1, 0.15) is 5.75 Å². The maximum absolute atomic E-state index is 13.6. The van der Waals surface area contributed by atoms with Crippen molar-refractivity contribution in [3.05, 3.63) is 124 Å². The molecule has 0 aromatic heterocycles. The molecule has 0 saturated heterocycles. The van der Waals surface area contributed by atoms with E-state index in [2.05, 4.69) is 27.3 Å². The third-order valence-electron chi connectivity index (χ3n) is 7.29. The highest BCUT2D eigenvalue weighted by Crippen LogP contribution is 2.26. The first-order chi connectivity index (χ1) is 20.1. The molecule has 4 aromatic rings. The summed E-state index contributed by atoms with van der Waals surface area (Å²) < 4.78 is 0.969. The zero-order valence-electron chi connectivity index (χ0n) is 24.1. The van der Waals surface area contributed by atoms with E-state index in [1.807, 2.05) is 97.6 Å². The molecule has 218 valence electrons. The second-order valence-corrected chi connectivity index (χ2v) is 12.2. The number of phenolic OH excluding ortho intramolecular Hbond substituents is 1. The Bertz CT molecular complexity index is 1500. The fraction of sp³-hybridized carbons (Fsp3) is 0.257. The fourth-order valence-corrected chi connectivity index (χ4v) is 4.85. The number of nitrogens with two attached hydrogens (primary N) is 1. The Balaban J connectivity index is 1.56. The lowest BCUT2D eigenvalue weighted by Gasteiger charge is -2.24. The van der Waals surface area contributed by atoms with E-state index >= 15 is 0 Å². The van der Waals surface area contributed by atoms with Crippen LogP contribution in [-0.4, -0.2) is 41.5 Å². The molecule has 6 nitrogen and oxygen atoms in total. The van der Waals surface area contributed by atoms with Crippen LogP contribution in [0.2, 0.25) is 0 Å². The minimum absolute atomic E-state index is 0.0313. The summed E-state index contributed by atoms with van der Waals surface area (Å²) in [5.41, 5.74) is 11.0. The van der Waals surface area contributed by atoms with Gasteiger partial charge in [0, 0.05) is 29.7 Å². The Kier molecular flexibility index (Phi) is 10.6. The molecule has 0 heterocycles. The lowest BCUT2D eigenvalue weighted by atomic mass is 9.93. The topological polar surface area (TPSA) is 95.7 Å². The van der Waals surface area contributed by atoms with Crippen LogP contribution in [0.1, 0.15) is 40.9 Å². The first-order valence-electron chi connectivity index (χ1n) is 14.1. The molecule has 0 aliphatic heterocycles. The van der Waals surface area contributed by atoms with Crippen molar-refractivity contribution in [2.24, 2.45) is 11.1 Å². The molecule has 0 aliphatic carbocycles. The number of halogens is 1. The smallest absolute Gasteiger partial charge is 0.251 e. The zero-order valence-corrected chi connectivity index (χ0v) is 25.7. The Morgan fingerprint density at radius 3 is 2.29 bits per heavy atom. The highest BCUT2D eigenvalue weighted by molar-refractivity contribution is 9.10. The molecule has 0 atom stereocenters. The van der Waals surface area contributed by atoms with Crippen LogP contribution in [0.15, 0.2) is 102 Å². The van der Waals surface area contributed by atoms with Crippen molar-refractivity contribution in [3.8, 4) is 16.9 Å². The SMILES string of the molecule is CC(C)(CN)CNC(=O)c1ccccc1-c1cccc(CN(CCc2ccc(O)cc2)C(=O)Cc2ccc(Br)cc2)c1. The van der Waals surface area contributed by atoms with Gasteiger partial charge >= 0.3 is 0 Å². The molecule has 7 heteroatoms. The Labute approximate surface area is 256 Å². The van der Waals surface area contributed by atoms with E-state index in [1.165, 1.54) is 0 Å². The average molecular weight is 629 g/mol. The number of phenols is 1. The molecule has 4 aromatic carbocycles. The largest absolute Gasteiger partial charge is 0.508 e. The fourth-order valence-electron chi connectivity index (χ4n) is 4.58. The predicted octanol–water partition coefficient (Wildman–Crippen LogP) is 6.35. The van der Waals surface area contributed by atoms with Gasteiger partial charge in [-0.25, -0.2) is 0 Å². The second-order valence-electron chi connectivity index (χ2n) is 11.3. The summed E-state index contributed by atoms with van der Waals surface area (Å²) in [4.78, 5) is 28.6. The van der Waals surface area contributed by atoms with E-state index in [0.29, 0.717) is 44.6 Å². The van der Waals surface area contributed by atoms with E-state index in [1.54, 1.807) is 12.1 Å². The molecule has 2 amide bonds. The molecule has 0 aliphatic rings. The zero-order chi connectivity index (χ0) is 30.1. The van der Waals surface area contributed by atoms with E-state index in [-0.39, 0.29) is 23.0 Å². The number of carbonyl (C=O) groups excluding carboxylic acids is 2.